The summed E-state index contributed by atoms with van der Waals surface area (Å²) in [6.07, 6.45) is -86.5. The van der Waals surface area contributed by atoms with Crippen LogP contribution in [0.2, 0.25) is 0 Å². The van der Waals surface area contributed by atoms with E-state index in [0.717, 1.165) is 0 Å². The molecule has 804 valence electrons. The Labute approximate surface area is 689 Å². The Morgan fingerprint density at radius 2 is 0.466 bits per heavy atom. The summed E-state index contributed by atoms with van der Waals surface area (Å²) in [5, 5.41) is -32.0. The normalized spacial score (nSPS) is 25.2. The summed E-state index contributed by atoms with van der Waals surface area (Å²) in [6.45, 7) is 0. The number of alkyl halides is 66. The molecule has 0 bridgehead atoms. The van der Waals surface area contributed by atoms with Crippen molar-refractivity contribution in [2.75, 3.05) is 0 Å². The zero-order chi connectivity index (χ0) is 106. The average molecular weight is 2280 g/mol. The molecular formula is C43H26F66O18S6. The molecule has 18 nitrogen and oxygen atoms in total. The fraction of sp³-hybridized carbons (Fsp3) is 0.860. The molecule has 0 heterocycles. The van der Waals surface area contributed by atoms with Crippen molar-refractivity contribution >= 4 is 60.7 Å². The molecule has 3 aliphatic rings. The number of rotatable bonds is 17. The van der Waals surface area contributed by atoms with Crippen molar-refractivity contribution in [2.45, 2.75) is 211 Å². The van der Waals surface area contributed by atoms with Gasteiger partial charge in [-0.05, 0) is 0 Å². The SMILES string of the molecule is O=S(=O)([O-])C(C(F)C(F)(F)C(F)(F)F)(C(F)(F)F)C(F)(F)F.O=S(=O)([O-])C(CC(F)(F)C(F)(F)C(F)(F)C(F)(F)F)C(F)(F)C(F)(F)C(F)(F)C(F)(F)F.O=S(=O)([O-])C(F)(C(C(F)(F)F)C(F)(F)F)C(F)(F)C(F)(F)F.O=S(=O)([O-])C1(F)C(F)C(F)(F)C(F)(F)C(F)(F)C1(F)F.O=S(=O)([O-])C1(F)C(F)C(F)(F)C(F)(F)C1(F)F.O=S(=O)([O-])C1(F)C(F)C(F)(F)C1(F)F.[CH3+].[CH3+].[CH3+].[CH3+].[CH3+].[CH3+]. The third kappa shape index (κ3) is 21.3. The summed E-state index contributed by atoms with van der Waals surface area (Å²) >= 11 is 0. The number of hydrogen-bond donors (Lipinski definition) is 0. The van der Waals surface area contributed by atoms with E-state index < -0.39 is 278 Å². The maximum atomic E-state index is 13.5. The highest BCUT2D eigenvalue weighted by Crippen LogP contribution is 2.70. The van der Waals surface area contributed by atoms with Crippen LogP contribution in [0.4, 0.5) is 290 Å². The average Bonchev–Trinajstić information content (AvgIpc) is 1.66. The number of halogens is 66. The predicted octanol–water partition coefficient (Wildman–Crippen LogP) is 18.4. The van der Waals surface area contributed by atoms with Crippen LogP contribution < -0.4 is 0 Å². The van der Waals surface area contributed by atoms with Crippen LogP contribution in [0.1, 0.15) is 6.42 Å². The fourth-order valence-electron chi connectivity index (χ4n) is 8.01. The minimum Gasteiger partial charge on any atom is -0.748 e. The molecule has 133 heavy (non-hydrogen) atoms. The van der Waals surface area contributed by atoms with E-state index in [1.807, 2.05) is 0 Å². The Hall–Kier alpha value is -5.94. The number of hydrogen-bond acceptors (Lipinski definition) is 18. The molecule has 3 saturated carbocycles. The molecule has 0 aromatic rings. The maximum absolute atomic E-state index is 13.5. The molecule has 0 radical (unpaired) electrons. The van der Waals surface area contributed by atoms with Crippen LogP contribution in [-0.4, -0.2) is 283 Å². The standard InChI is InChI=1S/C10H4F18O3S.2C6H2F12O3S.C6H2F10O3S.C5H2F8O3S.C4H2F6O3S.6CH3/c11-3(12,5(15,16)7(19,20)9(23,24)25)1-2(32(29,30)31)4(13,14)6(17,18)8(21,22)10(26,27)28;7-1(3(8,9)6(16,17)18)2(4(10,11)12,5(13,14)15)22(19,20)21;7-2(22(19,20)21,5(14,15)6(16,17)18)1(3(8,9)10)4(11,12)13;7-1-2(8,9)4(11,12)6(15,16)5(13,14)3(1,10)20(17,18)19;6-1-2(7,8)4(10,11)5(12,13)3(1,9)17(14,15)16;5-1-2(6,7)4(9,10)3(1,8)14(11,12)13;;;;;;/h2H,1H2,(H,29,30,31);2*1H,(H,19,20,21);1H,(H,17,18,19);1H,(H,14,15,16);1H,(H,11,12,13);6*1H3/q;;;;;;6*+1/p-6. The third-order valence-electron chi connectivity index (χ3n) is 14.8. The van der Waals surface area contributed by atoms with E-state index in [0.29, 0.717) is 0 Å². The quantitative estimate of drug-likeness (QED) is 0.0741. The first-order valence-electron chi connectivity index (χ1n) is 26.1. The first kappa shape index (κ1) is 145. The highest BCUT2D eigenvalue weighted by molar-refractivity contribution is 7.88. The summed E-state index contributed by atoms with van der Waals surface area (Å²) in [5.41, 5.74) is 0. The van der Waals surface area contributed by atoms with Crippen molar-refractivity contribution in [3.8, 4) is 0 Å². The second-order valence-corrected chi connectivity index (χ2v) is 32.0. The van der Waals surface area contributed by atoms with Crippen molar-refractivity contribution in [1.29, 1.82) is 0 Å². The Morgan fingerprint density at radius 1 is 0.256 bits per heavy atom. The van der Waals surface area contributed by atoms with Crippen molar-refractivity contribution in [1.82, 2.24) is 0 Å². The van der Waals surface area contributed by atoms with Gasteiger partial charge in [0.1, 0.15) is 66.0 Å². The van der Waals surface area contributed by atoms with Gasteiger partial charge in [-0.25, -0.2) is 85.6 Å². The molecule has 9 unspecified atom stereocenters. The van der Waals surface area contributed by atoms with Crippen LogP contribution in [0.3, 0.4) is 0 Å². The zero-order valence-electron chi connectivity index (χ0n) is 59.9. The molecule has 0 amide bonds. The summed E-state index contributed by atoms with van der Waals surface area (Å²) < 4.78 is 999. The monoisotopic (exact) mass is 2280 g/mol. The minimum absolute atomic E-state index is 0. The van der Waals surface area contributed by atoms with Crippen molar-refractivity contribution in [3.05, 3.63) is 44.6 Å². The van der Waals surface area contributed by atoms with E-state index in [4.69, 9.17) is 0 Å². The Kier molecular flexibility index (Phi) is 40.9. The molecule has 0 saturated heterocycles. The molecule has 0 aromatic heterocycles. The van der Waals surface area contributed by atoms with Gasteiger partial charge in [0.2, 0.25) is 30.6 Å². The zero-order valence-corrected chi connectivity index (χ0v) is 64.8. The lowest BCUT2D eigenvalue weighted by molar-refractivity contribution is -0.429. The Morgan fingerprint density at radius 3 is 0.624 bits per heavy atom. The lowest BCUT2D eigenvalue weighted by Gasteiger charge is -2.51. The largest absolute Gasteiger partial charge is 0.748 e. The first-order chi connectivity index (χ1) is 53.1. The van der Waals surface area contributed by atoms with Gasteiger partial charge in [-0.1, -0.05) is 0 Å². The van der Waals surface area contributed by atoms with Crippen molar-refractivity contribution in [2.24, 2.45) is 5.92 Å². The summed E-state index contributed by atoms with van der Waals surface area (Å²) in [5.74, 6) is -129. The van der Waals surface area contributed by atoms with Gasteiger partial charge in [0.25, 0.3) is 9.75 Å². The molecule has 0 N–H and O–H groups in total. The molecular weight excluding hydrogens is 2250 g/mol. The molecule has 9 atom stereocenters. The van der Waals surface area contributed by atoms with E-state index in [9.17, 15) is 368 Å². The van der Waals surface area contributed by atoms with E-state index in [2.05, 4.69) is 0 Å². The molecule has 0 aliphatic heterocycles. The predicted molar refractivity (Wildman–Crippen MR) is 279 cm³/mol. The molecule has 3 aliphatic carbocycles. The Balaban J connectivity index is -0.000000200. The molecule has 0 spiro atoms. The maximum Gasteiger partial charge on any atom is 0.460 e. The van der Waals surface area contributed by atoms with Gasteiger partial charge < -0.3 is 27.3 Å². The Bertz CT molecular complexity index is 4610. The molecule has 0 aromatic carbocycles. The van der Waals surface area contributed by atoms with Gasteiger partial charge in [0.05, 0.1) is 0 Å². The lowest BCUT2D eigenvalue weighted by atomic mass is 9.82. The highest BCUT2D eigenvalue weighted by atomic mass is 32.2. The van der Waals surface area contributed by atoms with Crippen molar-refractivity contribution in [3.63, 3.8) is 0 Å². The highest BCUT2D eigenvalue weighted by Gasteiger charge is 2.99. The second kappa shape index (κ2) is 37.6. The summed E-state index contributed by atoms with van der Waals surface area (Å²) in [6, 6.07) is 0. The molecule has 3 rings (SSSR count). The second-order valence-electron chi connectivity index (χ2n) is 22.9. The fourth-order valence-corrected chi connectivity index (χ4v) is 13.4. The van der Waals surface area contributed by atoms with Crippen molar-refractivity contribution < 1.29 is 368 Å². The van der Waals surface area contributed by atoms with Gasteiger partial charge >= 0.3 is 165 Å². The first-order valence-corrected chi connectivity index (χ1v) is 34.6. The van der Waals surface area contributed by atoms with E-state index in [1.165, 1.54) is 0 Å². The van der Waals surface area contributed by atoms with Crippen LogP contribution in [-0.2, 0) is 60.7 Å². The molecule has 3 fully saturated rings. The topological polar surface area (TPSA) is 343 Å². The van der Waals surface area contributed by atoms with E-state index >= 15 is 0 Å². The smallest absolute Gasteiger partial charge is 0.460 e. The van der Waals surface area contributed by atoms with Crippen LogP contribution in [0, 0.1) is 50.5 Å². The third-order valence-corrected chi connectivity index (χ3v) is 22.2. The summed E-state index contributed by atoms with van der Waals surface area (Å²) in [4.78, 5) is 0. The van der Waals surface area contributed by atoms with Gasteiger partial charge in [0, 0.05) is 51.0 Å². The van der Waals surface area contributed by atoms with E-state index in [-0.39, 0.29) is 44.6 Å². The van der Waals surface area contributed by atoms with Crippen LogP contribution in [0.5, 0.6) is 0 Å². The lowest BCUT2D eigenvalue weighted by Crippen LogP contribution is -2.81. The molecule has 90 heteroatoms. The van der Waals surface area contributed by atoms with Crippen LogP contribution in [0.15, 0.2) is 0 Å². The minimum atomic E-state index is -8.20. The summed E-state index contributed by atoms with van der Waals surface area (Å²) in [7, 11) is -45.2. The van der Waals surface area contributed by atoms with Gasteiger partial charge in [-0.2, -0.15) is 255 Å². The van der Waals surface area contributed by atoms with Gasteiger partial charge in [-0.3, -0.25) is 0 Å². The van der Waals surface area contributed by atoms with Crippen LogP contribution >= 0.6 is 0 Å². The van der Waals surface area contributed by atoms with Gasteiger partial charge in [0.15, 0.2) is 0 Å². The van der Waals surface area contributed by atoms with Gasteiger partial charge in [-0.15, -0.1) is 0 Å². The van der Waals surface area contributed by atoms with E-state index in [1.54, 1.807) is 0 Å². The van der Waals surface area contributed by atoms with Crippen LogP contribution in [0.25, 0.3) is 0 Å².